The molecule has 0 N–H and O–H groups in total. The highest BCUT2D eigenvalue weighted by Gasteiger charge is 2.14. The molecule has 0 atom stereocenters. The molecule has 0 bridgehead atoms. The minimum absolute atomic E-state index is 0.397. The Bertz CT molecular complexity index is 572. The second-order valence-electron chi connectivity index (χ2n) is 3.29. The second-order valence-corrected chi connectivity index (χ2v) is 3.29. The average molecular weight is 217 g/mol. The molecule has 5 heteroatoms. The van der Waals surface area contributed by atoms with Crippen LogP contribution in [0.2, 0.25) is 0 Å². The Morgan fingerprint density at radius 3 is 2.94 bits per heavy atom. The first-order chi connectivity index (χ1) is 7.67. The molecule has 2 heterocycles. The van der Waals surface area contributed by atoms with Gasteiger partial charge in [-0.25, -0.2) is 14.3 Å². The molecule has 0 aliphatic heterocycles. The van der Waals surface area contributed by atoms with Crippen LogP contribution in [0.25, 0.3) is 11.7 Å². The number of nitrogens with zero attached hydrogens (tertiary/aromatic N) is 3. The van der Waals surface area contributed by atoms with Gasteiger partial charge in [0.25, 0.3) is 0 Å². The molecule has 82 valence electrons. The minimum atomic E-state index is -0.423. The molecule has 0 aliphatic carbocycles. The van der Waals surface area contributed by atoms with E-state index in [9.17, 15) is 4.79 Å². The van der Waals surface area contributed by atoms with Crippen LogP contribution in [0.1, 0.15) is 21.9 Å². The first-order valence-corrected chi connectivity index (χ1v) is 4.74. The molecule has 16 heavy (non-hydrogen) atoms. The molecule has 0 radical (unpaired) electrons. The number of esters is 1. The number of carbonyl (C=O) groups excluding carboxylic acids is 1. The molecule has 0 spiro atoms. The van der Waals surface area contributed by atoms with Crippen LogP contribution < -0.4 is 0 Å². The smallest absolute Gasteiger partial charge is 0.341 e. The van der Waals surface area contributed by atoms with E-state index in [1.54, 1.807) is 16.6 Å². The summed E-state index contributed by atoms with van der Waals surface area (Å²) in [6, 6.07) is 3.47. The highest BCUT2D eigenvalue weighted by atomic mass is 16.5. The number of carbonyl (C=O) groups is 1. The lowest BCUT2D eigenvalue weighted by molar-refractivity contribution is 0.0602. The molecule has 2 aromatic rings. The van der Waals surface area contributed by atoms with Crippen LogP contribution in [0.3, 0.4) is 0 Å². The van der Waals surface area contributed by atoms with E-state index in [0.717, 1.165) is 5.69 Å². The minimum Gasteiger partial charge on any atom is -0.465 e. The lowest BCUT2D eigenvalue weighted by atomic mass is 10.2. The van der Waals surface area contributed by atoms with Crippen molar-refractivity contribution >= 4 is 17.7 Å². The zero-order valence-electron chi connectivity index (χ0n) is 9.10. The van der Waals surface area contributed by atoms with Crippen LogP contribution in [0.15, 0.2) is 18.7 Å². The SMILES string of the molecule is C=Cc1nc2c(C(=O)OC)ccc(C)n2n1. The summed E-state index contributed by atoms with van der Waals surface area (Å²) in [4.78, 5) is 15.7. The van der Waals surface area contributed by atoms with Crippen LogP contribution in [-0.2, 0) is 4.74 Å². The van der Waals surface area contributed by atoms with Crippen molar-refractivity contribution < 1.29 is 9.53 Å². The average Bonchev–Trinajstić information content (AvgIpc) is 2.73. The van der Waals surface area contributed by atoms with Crippen molar-refractivity contribution in [2.24, 2.45) is 0 Å². The van der Waals surface area contributed by atoms with Gasteiger partial charge in [-0.05, 0) is 25.1 Å². The van der Waals surface area contributed by atoms with E-state index in [1.807, 2.05) is 6.92 Å². The standard InChI is InChI=1S/C11H11N3O2/c1-4-9-12-10-8(11(15)16-3)6-5-7(2)14(10)13-9/h4-6H,1H2,2-3H3. The van der Waals surface area contributed by atoms with Gasteiger partial charge in [-0.2, -0.15) is 0 Å². The highest BCUT2D eigenvalue weighted by molar-refractivity contribution is 5.95. The van der Waals surface area contributed by atoms with Gasteiger partial charge in [0.2, 0.25) is 0 Å². The Kier molecular flexibility index (Phi) is 2.44. The van der Waals surface area contributed by atoms with Crippen molar-refractivity contribution in [1.82, 2.24) is 14.6 Å². The largest absolute Gasteiger partial charge is 0.465 e. The fourth-order valence-corrected chi connectivity index (χ4v) is 1.45. The van der Waals surface area contributed by atoms with E-state index in [4.69, 9.17) is 0 Å². The van der Waals surface area contributed by atoms with Crippen molar-refractivity contribution in [3.8, 4) is 0 Å². The number of methoxy groups -OCH3 is 1. The van der Waals surface area contributed by atoms with Gasteiger partial charge < -0.3 is 4.74 Å². The number of hydrogen-bond donors (Lipinski definition) is 0. The van der Waals surface area contributed by atoms with Crippen molar-refractivity contribution in [2.75, 3.05) is 7.11 Å². The summed E-state index contributed by atoms with van der Waals surface area (Å²) in [6.45, 7) is 5.48. The summed E-state index contributed by atoms with van der Waals surface area (Å²) < 4.78 is 6.28. The van der Waals surface area contributed by atoms with Gasteiger partial charge in [0, 0.05) is 5.69 Å². The Labute approximate surface area is 92.4 Å². The summed E-state index contributed by atoms with van der Waals surface area (Å²) in [7, 11) is 1.34. The number of rotatable bonds is 2. The zero-order valence-corrected chi connectivity index (χ0v) is 9.10. The van der Waals surface area contributed by atoms with Crippen molar-refractivity contribution in [2.45, 2.75) is 6.92 Å². The molecule has 0 aliphatic rings. The fraction of sp³-hybridized carbons (Fsp3) is 0.182. The molecule has 0 saturated heterocycles. The quantitative estimate of drug-likeness (QED) is 0.715. The second kappa shape index (κ2) is 3.77. The van der Waals surface area contributed by atoms with Gasteiger partial charge in [-0.3, -0.25) is 0 Å². The van der Waals surface area contributed by atoms with Gasteiger partial charge in [-0.1, -0.05) is 6.58 Å². The molecule has 0 amide bonds. The first-order valence-electron chi connectivity index (χ1n) is 4.74. The van der Waals surface area contributed by atoms with Crippen molar-refractivity contribution in [3.63, 3.8) is 0 Å². The van der Waals surface area contributed by atoms with Gasteiger partial charge in [-0.15, -0.1) is 5.10 Å². The topological polar surface area (TPSA) is 56.5 Å². The third-order valence-electron chi connectivity index (χ3n) is 2.28. The summed E-state index contributed by atoms with van der Waals surface area (Å²) in [6.07, 6.45) is 1.54. The zero-order chi connectivity index (χ0) is 11.7. The molecule has 0 fully saturated rings. The number of ether oxygens (including phenoxy) is 1. The maximum atomic E-state index is 11.5. The number of pyridine rings is 1. The molecule has 2 aromatic heterocycles. The van der Waals surface area contributed by atoms with Crippen LogP contribution in [0, 0.1) is 6.92 Å². The van der Waals surface area contributed by atoms with Crippen molar-refractivity contribution in [1.29, 1.82) is 0 Å². The maximum Gasteiger partial charge on any atom is 0.341 e. The molecule has 0 aromatic carbocycles. The van der Waals surface area contributed by atoms with Gasteiger partial charge >= 0.3 is 5.97 Å². The highest BCUT2D eigenvalue weighted by Crippen LogP contribution is 2.13. The number of hydrogen-bond acceptors (Lipinski definition) is 4. The van der Waals surface area contributed by atoms with Crippen LogP contribution in [-0.4, -0.2) is 27.7 Å². The fourth-order valence-electron chi connectivity index (χ4n) is 1.45. The summed E-state index contributed by atoms with van der Waals surface area (Å²) in [5.41, 5.74) is 1.78. The van der Waals surface area contributed by atoms with E-state index in [2.05, 4.69) is 21.4 Å². The monoisotopic (exact) mass is 217 g/mol. The first kappa shape index (κ1) is 10.4. The predicted molar refractivity (Wildman–Crippen MR) is 59.2 cm³/mol. The van der Waals surface area contributed by atoms with Gasteiger partial charge in [0.05, 0.1) is 7.11 Å². The van der Waals surface area contributed by atoms with Gasteiger partial charge in [0.1, 0.15) is 5.56 Å². The molecule has 5 nitrogen and oxygen atoms in total. The molecule has 2 rings (SSSR count). The lowest BCUT2D eigenvalue weighted by Gasteiger charge is -2.02. The summed E-state index contributed by atoms with van der Waals surface area (Å²) in [5, 5.41) is 4.19. The van der Waals surface area contributed by atoms with E-state index in [0.29, 0.717) is 17.0 Å². The molecular formula is C11H11N3O2. The third-order valence-corrected chi connectivity index (χ3v) is 2.28. The van der Waals surface area contributed by atoms with Crippen LogP contribution >= 0.6 is 0 Å². The summed E-state index contributed by atoms with van der Waals surface area (Å²) >= 11 is 0. The normalized spacial score (nSPS) is 10.4. The lowest BCUT2D eigenvalue weighted by Crippen LogP contribution is -2.06. The van der Waals surface area contributed by atoms with E-state index < -0.39 is 5.97 Å². The van der Waals surface area contributed by atoms with Gasteiger partial charge in [0.15, 0.2) is 11.5 Å². The Balaban J connectivity index is 2.76. The summed E-state index contributed by atoms with van der Waals surface area (Å²) in [5.74, 6) is 0.0625. The third kappa shape index (κ3) is 1.46. The Morgan fingerprint density at radius 2 is 2.31 bits per heavy atom. The maximum absolute atomic E-state index is 11.5. The Hall–Kier alpha value is -2.17. The molecular weight excluding hydrogens is 206 g/mol. The van der Waals surface area contributed by atoms with E-state index >= 15 is 0 Å². The molecule has 0 saturated carbocycles. The van der Waals surface area contributed by atoms with E-state index in [-0.39, 0.29) is 0 Å². The Morgan fingerprint density at radius 1 is 1.56 bits per heavy atom. The molecule has 0 unspecified atom stereocenters. The number of aromatic nitrogens is 3. The van der Waals surface area contributed by atoms with Crippen molar-refractivity contribution in [3.05, 3.63) is 35.8 Å². The van der Waals surface area contributed by atoms with Crippen LogP contribution in [0.5, 0.6) is 0 Å². The predicted octanol–water partition coefficient (Wildman–Crippen LogP) is 1.47. The number of aryl methyl sites for hydroxylation is 1. The van der Waals surface area contributed by atoms with Crippen LogP contribution in [0.4, 0.5) is 0 Å². The van der Waals surface area contributed by atoms with E-state index in [1.165, 1.54) is 13.2 Å². The number of fused-ring (bicyclic) bond motifs is 1.